The van der Waals surface area contributed by atoms with Crippen molar-refractivity contribution in [3.63, 3.8) is 0 Å². The molecule has 1 fully saturated rings. The van der Waals surface area contributed by atoms with E-state index in [9.17, 15) is 14.3 Å². The lowest BCUT2D eigenvalue weighted by molar-refractivity contribution is -0.151. The van der Waals surface area contributed by atoms with Crippen LogP contribution in [0.25, 0.3) is 6.08 Å². The molecule has 0 aliphatic carbocycles. The molecule has 21 heavy (non-hydrogen) atoms. The van der Waals surface area contributed by atoms with Crippen LogP contribution < -0.4 is 4.74 Å². The Labute approximate surface area is 123 Å². The lowest BCUT2D eigenvalue weighted by Crippen LogP contribution is -2.63. The minimum Gasteiger partial charge on any atom is -0.494 e. The van der Waals surface area contributed by atoms with E-state index in [1.54, 1.807) is 17.0 Å². The number of ether oxygens (including phenoxy) is 1. The largest absolute Gasteiger partial charge is 0.494 e. The minimum atomic E-state index is -0.732. The molecule has 0 spiro atoms. The summed E-state index contributed by atoms with van der Waals surface area (Å²) in [6, 6.07) is 4.50. The van der Waals surface area contributed by atoms with Crippen molar-refractivity contribution in [1.82, 2.24) is 4.90 Å². The first-order valence-electron chi connectivity index (χ1n) is 7.00. The van der Waals surface area contributed by atoms with E-state index in [1.165, 1.54) is 25.3 Å². The third kappa shape index (κ3) is 3.61. The number of carbonyl (C=O) groups excluding carboxylic acids is 1. The van der Waals surface area contributed by atoms with Crippen LogP contribution in [0.3, 0.4) is 0 Å². The summed E-state index contributed by atoms with van der Waals surface area (Å²) in [6.07, 6.45) is 4.54. The molecular formula is C16H20FNO3. The van der Waals surface area contributed by atoms with Crippen LogP contribution in [0, 0.1) is 5.82 Å². The van der Waals surface area contributed by atoms with Gasteiger partial charge in [-0.2, -0.15) is 0 Å². The first kappa shape index (κ1) is 15.5. The van der Waals surface area contributed by atoms with Gasteiger partial charge in [0.05, 0.1) is 25.8 Å². The fourth-order valence-corrected chi connectivity index (χ4v) is 2.50. The molecule has 5 heteroatoms. The molecule has 1 amide bonds. The highest BCUT2D eigenvalue weighted by Gasteiger charge is 2.41. The van der Waals surface area contributed by atoms with E-state index in [0.717, 1.165) is 6.42 Å². The predicted molar refractivity (Wildman–Crippen MR) is 78.4 cm³/mol. The summed E-state index contributed by atoms with van der Waals surface area (Å²) in [4.78, 5) is 13.5. The Bertz CT molecular complexity index is 550. The van der Waals surface area contributed by atoms with Gasteiger partial charge in [-0.3, -0.25) is 4.79 Å². The van der Waals surface area contributed by atoms with Crippen LogP contribution >= 0.6 is 0 Å². The molecule has 0 atom stereocenters. The van der Waals surface area contributed by atoms with Gasteiger partial charge in [0, 0.05) is 6.08 Å². The van der Waals surface area contributed by atoms with Gasteiger partial charge in [-0.05, 0) is 30.2 Å². The van der Waals surface area contributed by atoms with Gasteiger partial charge < -0.3 is 14.7 Å². The van der Waals surface area contributed by atoms with Gasteiger partial charge in [0.1, 0.15) is 0 Å². The van der Waals surface area contributed by atoms with Gasteiger partial charge in [-0.1, -0.05) is 19.4 Å². The molecule has 1 saturated heterocycles. The fraction of sp³-hybridized carbons (Fsp3) is 0.438. The highest BCUT2D eigenvalue weighted by atomic mass is 19.1. The lowest BCUT2D eigenvalue weighted by Gasteiger charge is -2.46. The number of likely N-dealkylation sites (tertiary alicyclic amines) is 1. The van der Waals surface area contributed by atoms with Crippen molar-refractivity contribution in [2.75, 3.05) is 20.2 Å². The molecule has 0 unspecified atom stereocenters. The molecular weight excluding hydrogens is 273 g/mol. The van der Waals surface area contributed by atoms with Crippen LogP contribution in [0.5, 0.6) is 5.75 Å². The van der Waals surface area contributed by atoms with E-state index in [0.29, 0.717) is 25.1 Å². The summed E-state index contributed by atoms with van der Waals surface area (Å²) in [5.74, 6) is -0.466. The van der Waals surface area contributed by atoms with Gasteiger partial charge >= 0.3 is 0 Å². The van der Waals surface area contributed by atoms with Crippen molar-refractivity contribution >= 4 is 12.0 Å². The lowest BCUT2D eigenvalue weighted by atomic mass is 9.89. The average Bonchev–Trinajstić information content (AvgIpc) is 2.42. The first-order valence-corrected chi connectivity index (χ1v) is 7.00. The van der Waals surface area contributed by atoms with Crippen molar-refractivity contribution in [2.45, 2.75) is 25.4 Å². The molecule has 0 aromatic heterocycles. The Kier molecular flexibility index (Phi) is 4.63. The number of aliphatic hydroxyl groups is 1. The molecule has 114 valence electrons. The monoisotopic (exact) mass is 293 g/mol. The van der Waals surface area contributed by atoms with Gasteiger partial charge in [0.25, 0.3) is 0 Å². The Morgan fingerprint density at radius 3 is 2.81 bits per heavy atom. The molecule has 2 rings (SSSR count). The Balaban J connectivity index is 1.93. The molecule has 1 heterocycles. The normalized spacial score (nSPS) is 16.9. The fourth-order valence-electron chi connectivity index (χ4n) is 2.50. The number of amides is 1. The van der Waals surface area contributed by atoms with Crippen LogP contribution in [-0.4, -0.2) is 41.7 Å². The number of hydrogen-bond donors (Lipinski definition) is 1. The Morgan fingerprint density at radius 2 is 2.24 bits per heavy atom. The average molecular weight is 293 g/mol. The zero-order valence-corrected chi connectivity index (χ0v) is 12.3. The number of nitrogens with zero attached hydrogens (tertiary/aromatic N) is 1. The first-order chi connectivity index (χ1) is 9.97. The van der Waals surface area contributed by atoms with Crippen LogP contribution in [0.4, 0.5) is 4.39 Å². The van der Waals surface area contributed by atoms with Crippen molar-refractivity contribution in [3.05, 3.63) is 35.7 Å². The number of benzene rings is 1. The molecule has 1 aromatic rings. The second kappa shape index (κ2) is 6.26. The maximum atomic E-state index is 13.5. The Hall–Kier alpha value is -1.88. The van der Waals surface area contributed by atoms with Crippen LogP contribution in [0.2, 0.25) is 0 Å². The van der Waals surface area contributed by atoms with E-state index >= 15 is 0 Å². The number of halogens is 1. The summed E-state index contributed by atoms with van der Waals surface area (Å²) in [6.45, 7) is 2.72. The molecule has 1 aromatic carbocycles. The van der Waals surface area contributed by atoms with Crippen molar-refractivity contribution in [2.24, 2.45) is 0 Å². The SMILES string of the molecule is CCCC1(O)CN(C(=O)C=Cc2ccc(OC)c(F)c2)C1. The van der Waals surface area contributed by atoms with Gasteiger partial charge in [0.2, 0.25) is 5.91 Å². The maximum Gasteiger partial charge on any atom is 0.246 e. The summed E-state index contributed by atoms with van der Waals surface area (Å²) >= 11 is 0. The molecule has 0 bridgehead atoms. The van der Waals surface area contributed by atoms with E-state index < -0.39 is 11.4 Å². The van der Waals surface area contributed by atoms with Gasteiger partial charge in [-0.15, -0.1) is 0 Å². The summed E-state index contributed by atoms with van der Waals surface area (Å²) in [5, 5.41) is 10.0. The number of β-amino-alcohol motifs (C(OH)–C–C–N with tert-alkyl or cyclic N) is 1. The minimum absolute atomic E-state index is 0.172. The standard InChI is InChI=1S/C16H20FNO3/c1-3-8-16(20)10-18(11-16)15(19)7-5-12-4-6-14(21-2)13(17)9-12/h4-7,9,20H,3,8,10-11H2,1-2H3. The molecule has 0 saturated carbocycles. The smallest absolute Gasteiger partial charge is 0.246 e. The highest BCUT2D eigenvalue weighted by molar-refractivity contribution is 5.92. The summed E-state index contributed by atoms with van der Waals surface area (Å²) in [7, 11) is 1.40. The topological polar surface area (TPSA) is 49.8 Å². The van der Waals surface area contributed by atoms with Crippen molar-refractivity contribution in [1.29, 1.82) is 0 Å². The third-order valence-electron chi connectivity index (χ3n) is 3.59. The number of rotatable bonds is 5. The Morgan fingerprint density at radius 1 is 1.52 bits per heavy atom. The quantitative estimate of drug-likeness (QED) is 0.847. The zero-order valence-electron chi connectivity index (χ0n) is 12.3. The van der Waals surface area contributed by atoms with Gasteiger partial charge in [-0.25, -0.2) is 4.39 Å². The number of hydrogen-bond acceptors (Lipinski definition) is 3. The van der Waals surface area contributed by atoms with E-state index in [-0.39, 0.29) is 11.7 Å². The third-order valence-corrected chi connectivity index (χ3v) is 3.59. The second-order valence-corrected chi connectivity index (χ2v) is 5.40. The van der Waals surface area contributed by atoms with Crippen molar-refractivity contribution in [3.8, 4) is 5.75 Å². The van der Waals surface area contributed by atoms with Crippen LogP contribution in [-0.2, 0) is 4.79 Å². The highest BCUT2D eigenvalue weighted by Crippen LogP contribution is 2.26. The van der Waals surface area contributed by atoms with Crippen LogP contribution in [0.1, 0.15) is 25.3 Å². The number of carbonyl (C=O) groups is 1. The van der Waals surface area contributed by atoms with Crippen molar-refractivity contribution < 1.29 is 19.0 Å². The second-order valence-electron chi connectivity index (χ2n) is 5.40. The predicted octanol–water partition coefficient (Wildman–Crippen LogP) is 2.22. The van der Waals surface area contributed by atoms with Gasteiger partial charge in [0.15, 0.2) is 11.6 Å². The molecule has 1 aliphatic rings. The zero-order chi connectivity index (χ0) is 15.5. The van der Waals surface area contributed by atoms with E-state index in [1.807, 2.05) is 6.92 Å². The number of methoxy groups -OCH3 is 1. The van der Waals surface area contributed by atoms with E-state index in [2.05, 4.69) is 0 Å². The molecule has 0 radical (unpaired) electrons. The van der Waals surface area contributed by atoms with E-state index in [4.69, 9.17) is 4.74 Å². The van der Waals surface area contributed by atoms with Crippen LogP contribution in [0.15, 0.2) is 24.3 Å². The summed E-state index contributed by atoms with van der Waals surface area (Å²) in [5.41, 5.74) is -0.143. The molecule has 4 nitrogen and oxygen atoms in total. The molecule has 1 aliphatic heterocycles. The maximum absolute atomic E-state index is 13.5. The summed E-state index contributed by atoms with van der Waals surface area (Å²) < 4.78 is 18.3. The molecule has 1 N–H and O–H groups in total.